The average molecular weight is 154 g/mol. The van der Waals surface area contributed by atoms with Gasteiger partial charge in [0, 0.05) is 0 Å². The summed E-state index contributed by atoms with van der Waals surface area (Å²) in [6.07, 6.45) is 8.18. The standard InChI is InChI=1S/C9H14O2/c1-9-5-3-2-4-6-10-7-8-11-9/h2-5,9H,6-8H2,1H3/b4-2-,5-3-. The van der Waals surface area contributed by atoms with Crippen molar-refractivity contribution in [3.8, 4) is 0 Å². The predicted molar refractivity (Wildman–Crippen MR) is 44.5 cm³/mol. The molecule has 0 saturated heterocycles. The molecule has 1 aliphatic rings. The molecule has 0 aromatic rings. The van der Waals surface area contributed by atoms with Crippen LogP contribution in [0.3, 0.4) is 0 Å². The predicted octanol–water partition coefficient (Wildman–Crippen LogP) is 1.53. The Labute approximate surface area is 67.5 Å². The number of allylic oxidation sites excluding steroid dienone is 2. The first-order valence-corrected chi connectivity index (χ1v) is 3.92. The van der Waals surface area contributed by atoms with Crippen molar-refractivity contribution >= 4 is 0 Å². The molecule has 0 aromatic carbocycles. The van der Waals surface area contributed by atoms with Gasteiger partial charge >= 0.3 is 0 Å². The van der Waals surface area contributed by atoms with Gasteiger partial charge in [-0.15, -0.1) is 0 Å². The fourth-order valence-corrected chi connectivity index (χ4v) is 0.855. The van der Waals surface area contributed by atoms with Gasteiger partial charge in [-0.1, -0.05) is 24.3 Å². The summed E-state index contributed by atoms with van der Waals surface area (Å²) in [6, 6.07) is 0. The quantitative estimate of drug-likeness (QED) is 0.527. The Kier molecular flexibility index (Phi) is 3.94. The molecule has 1 atom stereocenters. The SMILES string of the molecule is CC1/C=C\C=C/COCCO1. The van der Waals surface area contributed by atoms with Crippen molar-refractivity contribution in [2.75, 3.05) is 19.8 Å². The second-order valence-electron chi connectivity index (χ2n) is 2.46. The van der Waals surface area contributed by atoms with E-state index in [-0.39, 0.29) is 6.10 Å². The van der Waals surface area contributed by atoms with Crippen LogP contribution in [0.5, 0.6) is 0 Å². The van der Waals surface area contributed by atoms with Crippen LogP contribution in [0.15, 0.2) is 24.3 Å². The molecule has 2 nitrogen and oxygen atoms in total. The maximum atomic E-state index is 5.37. The number of hydrogen-bond acceptors (Lipinski definition) is 2. The third-order valence-electron chi connectivity index (χ3n) is 1.45. The van der Waals surface area contributed by atoms with Crippen LogP contribution in [-0.4, -0.2) is 25.9 Å². The van der Waals surface area contributed by atoms with Gasteiger partial charge in [-0.25, -0.2) is 0 Å². The van der Waals surface area contributed by atoms with Crippen LogP contribution in [0.4, 0.5) is 0 Å². The van der Waals surface area contributed by atoms with Gasteiger partial charge in [-0.2, -0.15) is 0 Å². The van der Waals surface area contributed by atoms with E-state index >= 15 is 0 Å². The molecular weight excluding hydrogens is 140 g/mol. The van der Waals surface area contributed by atoms with Crippen molar-refractivity contribution in [3.05, 3.63) is 24.3 Å². The van der Waals surface area contributed by atoms with Crippen molar-refractivity contribution in [1.29, 1.82) is 0 Å². The summed E-state index contributed by atoms with van der Waals surface area (Å²) in [6.45, 7) is 4.07. The second kappa shape index (κ2) is 5.10. The van der Waals surface area contributed by atoms with E-state index in [4.69, 9.17) is 9.47 Å². The zero-order chi connectivity index (χ0) is 7.94. The smallest absolute Gasteiger partial charge is 0.0731 e. The molecule has 0 aliphatic carbocycles. The van der Waals surface area contributed by atoms with Crippen LogP contribution in [0.1, 0.15) is 6.92 Å². The highest BCUT2D eigenvalue weighted by Crippen LogP contribution is 1.95. The molecule has 11 heavy (non-hydrogen) atoms. The van der Waals surface area contributed by atoms with Gasteiger partial charge < -0.3 is 9.47 Å². The van der Waals surface area contributed by atoms with E-state index in [0.29, 0.717) is 19.8 Å². The molecule has 0 N–H and O–H groups in total. The molecule has 0 radical (unpaired) electrons. The van der Waals surface area contributed by atoms with Crippen LogP contribution >= 0.6 is 0 Å². The Bertz CT molecular complexity index is 150. The lowest BCUT2D eigenvalue weighted by atomic mass is 10.3. The molecule has 2 heteroatoms. The van der Waals surface area contributed by atoms with E-state index in [1.54, 1.807) is 0 Å². The van der Waals surface area contributed by atoms with E-state index in [2.05, 4.69) is 0 Å². The molecule has 62 valence electrons. The topological polar surface area (TPSA) is 18.5 Å². The summed E-state index contributed by atoms with van der Waals surface area (Å²) in [5.74, 6) is 0. The lowest BCUT2D eigenvalue weighted by Gasteiger charge is -2.09. The Morgan fingerprint density at radius 1 is 1.27 bits per heavy atom. The van der Waals surface area contributed by atoms with Crippen molar-refractivity contribution in [1.82, 2.24) is 0 Å². The minimum absolute atomic E-state index is 0.196. The Balaban J connectivity index is 2.38. The van der Waals surface area contributed by atoms with Crippen molar-refractivity contribution in [2.45, 2.75) is 13.0 Å². The molecule has 1 heterocycles. The molecule has 0 aromatic heterocycles. The molecule has 0 fully saturated rings. The summed E-state index contributed by atoms with van der Waals surface area (Å²) >= 11 is 0. The van der Waals surface area contributed by atoms with E-state index in [1.807, 2.05) is 31.2 Å². The maximum absolute atomic E-state index is 5.37. The highest BCUT2D eigenvalue weighted by Gasteiger charge is 1.95. The normalized spacial score (nSPS) is 32.6. The summed E-state index contributed by atoms with van der Waals surface area (Å²) in [5.41, 5.74) is 0. The summed E-state index contributed by atoms with van der Waals surface area (Å²) in [4.78, 5) is 0. The molecule has 0 saturated carbocycles. The van der Waals surface area contributed by atoms with Crippen LogP contribution < -0.4 is 0 Å². The minimum Gasteiger partial charge on any atom is -0.375 e. The first-order valence-electron chi connectivity index (χ1n) is 3.92. The Hall–Kier alpha value is -0.600. The lowest BCUT2D eigenvalue weighted by Crippen LogP contribution is -2.11. The molecule has 1 unspecified atom stereocenters. The van der Waals surface area contributed by atoms with Gasteiger partial charge in [0.2, 0.25) is 0 Å². The number of hydrogen-bond donors (Lipinski definition) is 0. The fourth-order valence-electron chi connectivity index (χ4n) is 0.855. The first kappa shape index (κ1) is 8.50. The molecule has 1 rings (SSSR count). The maximum Gasteiger partial charge on any atom is 0.0731 e. The molecule has 1 aliphatic heterocycles. The largest absolute Gasteiger partial charge is 0.375 e. The summed E-state index contributed by atoms with van der Waals surface area (Å²) in [5, 5.41) is 0. The van der Waals surface area contributed by atoms with E-state index in [9.17, 15) is 0 Å². The van der Waals surface area contributed by atoms with Crippen LogP contribution in [0.2, 0.25) is 0 Å². The van der Waals surface area contributed by atoms with Gasteiger partial charge in [-0.05, 0) is 6.92 Å². The van der Waals surface area contributed by atoms with Crippen LogP contribution in [0.25, 0.3) is 0 Å². The Morgan fingerprint density at radius 2 is 2.18 bits per heavy atom. The minimum atomic E-state index is 0.196. The first-order chi connectivity index (χ1) is 5.39. The van der Waals surface area contributed by atoms with Crippen LogP contribution in [0, 0.1) is 0 Å². The molecule has 0 bridgehead atoms. The van der Waals surface area contributed by atoms with Gasteiger partial charge in [0.05, 0.1) is 25.9 Å². The van der Waals surface area contributed by atoms with Gasteiger partial charge in [0.1, 0.15) is 0 Å². The van der Waals surface area contributed by atoms with Gasteiger partial charge in [-0.3, -0.25) is 0 Å². The molecular formula is C9H14O2. The zero-order valence-corrected chi connectivity index (χ0v) is 6.82. The third kappa shape index (κ3) is 3.96. The van der Waals surface area contributed by atoms with Gasteiger partial charge in [0.15, 0.2) is 0 Å². The van der Waals surface area contributed by atoms with Crippen molar-refractivity contribution in [2.24, 2.45) is 0 Å². The lowest BCUT2D eigenvalue weighted by molar-refractivity contribution is 0.0374. The highest BCUT2D eigenvalue weighted by atomic mass is 16.5. The molecule has 0 amide bonds. The highest BCUT2D eigenvalue weighted by molar-refractivity contribution is 5.04. The number of rotatable bonds is 0. The van der Waals surface area contributed by atoms with E-state index < -0.39 is 0 Å². The average Bonchev–Trinajstić information content (AvgIpc) is 2.03. The second-order valence-corrected chi connectivity index (χ2v) is 2.46. The van der Waals surface area contributed by atoms with Gasteiger partial charge in [0.25, 0.3) is 0 Å². The summed E-state index contributed by atoms with van der Waals surface area (Å²) in [7, 11) is 0. The molecule has 0 spiro atoms. The zero-order valence-electron chi connectivity index (χ0n) is 6.82. The fraction of sp³-hybridized carbons (Fsp3) is 0.556. The van der Waals surface area contributed by atoms with Crippen LogP contribution in [-0.2, 0) is 9.47 Å². The van der Waals surface area contributed by atoms with E-state index in [1.165, 1.54) is 0 Å². The third-order valence-corrected chi connectivity index (χ3v) is 1.45. The summed E-state index contributed by atoms with van der Waals surface area (Å²) < 4.78 is 10.6. The monoisotopic (exact) mass is 154 g/mol. The van der Waals surface area contributed by atoms with Crippen molar-refractivity contribution < 1.29 is 9.47 Å². The van der Waals surface area contributed by atoms with Crippen molar-refractivity contribution in [3.63, 3.8) is 0 Å². The van der Waals surface area contributed by atoms with E-state index in [0.717, 1.165) is 0 Å². The number of ether oxygens (including phenoxy) is 2. The Morgan fingerprint density at radius 3 is 3.09 bits per heavy atom.